The molecule has 0 spiro atoms. The van der Waals surface area contributed by atoms with Crippen molar-refractivity contribution < 1.29 is 9.59 Å². The Morgan fingerprint density at radius 3 is 2.10 bits per heavy atom. The number of hydrogen-bond donors (Lipinski definition) is 0. The SMILES string of the molecule is CC.CC1CC(=O)N(c2ccccc2C(C)(C)C)C1=O. The fraction of sp³-hybridized carbons (Fsp3) is 0.529. The van der Waals surface area contributed by atoms with Gasteiger partial charge in [0.2, 0.25) is 11.8 Å². The molecule has 20 heavy (non-hydrogen) atoms. The summed E-state index contributed by atoms with van der Waals surface area (Å²) in [6, 6.07) is 7.65. The van der Waals surface area contributed by atoms with Gasteiger partial charge in [0.25, 0.3) is 0 Å². The Bertz CT molecular complexity index is 500. The smallest absolute Gasteiger partial charge is 0.237 e. The molecular weight excluding hydrogens is 250 g/mol. The van der Waals surface area contributed by atoms with E-state index in [1.165, 1.54) is 4.90 Å². The first-order valence-electron chi connectivity index (χ1n) is 7.28. The topological polar surface area (TPSA) is 37.4 Å². The maximum absolute atomic E-state index is 12.1. The number of amides is 2. The average Bonchev–Trinajstić information content (AvgIpc) is 2.65. The monoisotopic (exact) mass is 275 g/mol. The number of carbonyl (C=O) groups excluding carboxylic acids is 2. The van der Waals surface area contributed by atoms with Crippen LogP contribution in [0.1, 0.15) is 53.5 Å². The van der Waals surface area contributed by atoms with Crippen LogP contribution in [0, 0.1) is 5.92 Å². The first-order valence-corrected chi connectivity index (χ1v) is 7.28. The third kappa shape index (κ3) is 3.09. The second-order valence-corrected chi connectivity index (χ2v) is 5.94. The number of imide groups is 1. The molecule has 3 heteroatoms. The van der Waals surface area contributed by atoms with Crippen LogP contribution >= 0.6 is 0 Å². The van der Waals surface area contributed by atoms with Crippen molar-refractivity contribution in [2.45, 2.75) is 53.4 Å². The van der Waals surface area contributed by atoms with Crippen molar-refractivity contribution in [1.82, 2.24) is 0 Å². The lowest BCUT2D eigenvalue weighted by atomic mass is 9.85. The van der Waals surface area contributed by atoms with E-state index in [1.54, 1.807) is 6.92 Å². The summed E-state index contributed by atoms with van der Waals surface area (Å²) in [6.07, 6.45) is 0.317. The summed E-state index contributed by atoms with van der Waals surface area (Å²) >= 11 is 0. The van der Waals surface area contributed by atoms with Gasteiger partial charge < -0.3 is 0 Å². The molecule has 0 saturated carbocycles. The van der Waals surface area contributed by atoms with Gasteiger partial charge in [-0.05, 0) is 17.0 Å². The lowest BCUT2D eigenvalue weighted by molar-refractivity contribution is -0.122. The van der Waals surface area contributed by atoms with Gasteiger partial charge in [-0.15, -0.1) is 0 Å². The van der Waals surface area contributed by atoms with Crippen molar-refractivity contribution in [1.29, 1.82) is 0 Å². The number of carbonyl (C=O) groups is 2. The number of hydrogen-bond acceptors (Lipinski definition) is 2. The van der Waals surface area contributed by atoms with E-state index in [0.717, 1.165) is 11.3 Å². The molecule has 1 aromatic carbocycles. The summed E-state index contributed by atoms with van der Waals surface area (Å²) in [5.74, 6) is -0.383. The highest BCUT2D eigenvalue weighted by atomic mass is 16.2. The summed E-state index contributed by atoms with van der Waals surface area (Å²) in [4.78, 5) is 25.4. The van der Waals surface area contributed by atoms with Gasteiger partial charge in [0, 0.05) is 12.3 Å². The van der Waals surface area contributed by atoms with Crippen LogP contribution < -0.4 is 4.90 Å². The number of para-hydroxylation sites is 1. The van der Waals surface area contributed by atoms with Crippen molar-refractivity contribution in [2.24, 2.45) is 5.92 Å². The van der Waals surface area contributed by atoms with E-state index in [1.807, 2.05) is 38.1 Å². The normalized spacial score (nSPS) is 18.9. The highest BCUT2D eigenvalue weighted by Gasteiger charge is 2.38. The molecule has 2 amide bonds. The molecule has 1 aromatic rings. The Kier molecular flexibility index (Phi) is 5.09. The van der Waals surface area contributed by atoms with E-state index in [2.05, 4.69) is 20.8 Å². The predicted octanol–water partition coefficient (Wildman–Crippen LogP) is 3.91. The Hall–Kier alpha value is -1.64. The molecule has 0 aliphatic carbocycles. The van der Waals surface area contributed by atoms with Gasteiger partial charge in [0.1, 0.15) is 0 Å². The van der Waals surface area contributed by atoms with Crippen molar-refractivity contribution in [3.05, 3.63) is 29.8 Å². The van der Waals surface area contributed by atoms with Gasteiger partial charge in [-0.2, -0.15) is 0 Å². The zero-order valence-corrected chi connectivity index (χ0v) is 13.4. The molecule has 110 valence electrons. The summed E-state index contributed by atoms with van der Waals surface area (Å²) in [5, 5.41) is 0. The van der Waals surface area contributed by atoms with Crippen molar-refractivity contribution in [2.75, 3.05) is 4.90 Å². The molecule has 1 atom stereocenters. The Balaban J connectivity index is 0.000000956. The van der Waals surface area contributed by atoms with Crippen LogP contribution in [0.2, 0.25) is 0 Å². The Labute approximate surface area is 122 Å². The van der Waals surface area contributed by atoms with Crippen LogP contribution in [-0.4, -0.2) is 11.8 Å². The molecule has 0 aromatic heterocycles. The fourth-order valence-electron chi connectivity index (χ4n) is 2.34. The molecule has 1 saturated heterocycles. The van der Waals surface area contributed by atoms with E-state index in [0.29, 0.717) is 6.42 Å². The second-order valence-electron chi connectivity index (χ2n) is 5.94. The molecule has 1 heterocycles. The van der Waals surface area contributed by atoms with Crippen LogP contribution in [0.15, 0.2) is 24.3 Å². The summed E-state index contributed by atoms with van der Waals surface area (Å²) in [6.45, 7) is 12.1. The average molecular weight is 275 g/mol. The second kappa shape index (κ2) is 6.21. The molecule has 0 bridgehead atoms. The highest BCUT2D eigenvalue weighted by Crippen LogP contribution is 2.35. The molecule has 0 radical (unpaired) electrons. The third-order valence-electron chi connectivity index (χ3n) is 3.33. The molecule has 0 N–H and O–H groups in total. The largest absolute Gasteiger partial charge is 0.274 e. The lowest BCUT2D eigenvalue weighted by Crippen LogP contribution is -2.32. The van der Waals surface area contributed by atoms with Gasteiger partial charge >= 0.3 is 0 Å². The number of benzene rings is 1. The van der Waals surface area contributed by atoms with Crippen LogP contribution in [0.25, 0.3) is 0 Å². The first kappa shape index (κ1) is 16.4. The van der Waals surface area contributed by atoms with Crippen LogP contribution in [0.3, 0.4) is 0 Å². The molecule has 1 aliphatic rings. The van der Waals surface area contributed by atoms with Crippen molar-refractivity contribution >= 4 is 17.5 Å². The van der Waals surface area contributed by atoms with E-state index in [4.69, 9.17) is 0 Å². The summed E-state index contributed by atoms with van der Waals surface area (Å²) in [5.41, 5.74) is 1.67. The highest BCUT2D eigenvalue weighted by molar-refractivity contribution is 6.21. The van der Waals surface area contributed by atoms with E-state index >= 15 is 0 Å². The van der Waals surface area contributed by atoms with Gasteiger partial charge in [0.15, 0.2) is 0 Å². The van der Waals surface area contributed by atoms with Gasteiger partial charge in [-0.3, -0.25) is 14.5 Å². The van der Waals surface area contributed by atoms with Crippen LogP contribution in [-0.2, 0) is 15.0 Å². The summed E-state index contributed by atoms with van der Waals surface area (Å²) in [7, 11) is 0. The zero-order valence-electron chi connectivity index (χ0n) is 13.4. The van der Waals surface area contributed by atoms with E-state index in [9.17, 15) is 9.59 Å². The molecule has 1 aliphatic heterocycles. The minimum Gasteiger partial charge on any atom is -0.274 e. The first-order chi connectivity index (χ1) is 9.32. The van der Waals surface area contributed by atoms with Gasteiger partial charge in [0.05, 0.1) is 5.69 Å². The number of rotatable bonds is 1. The van der Waals surface area contributed by atoms with E-state index in [-0.39, 0.29) is 23.1 Å². The maximum atomic E-state index is 12.1. The summed E-state index contributed by atoms with van der Waals surface area (Å²) < 4.78 is 0. The molecule has 1 fully saturated rings. The Morgan fingerprint density at radius 1 is 1.10 bits per heavy atom. The Morgan fingerprint density at radius 2 is 1.65 bits per heavy atom. The zero-order chi connectivity index (χ0) is 15.5. The molecule has 1 unspecified atom stereocenters. The minimum atomic E-state index is -0.203. The minimum absolute atomic E-state index is 0.0864. The predicted molar refractivity (Wildman–Crippen MR) is 82.8 cm³/mol. The van der Waals surface area contributed by atoms with E-state index < -0.39 is 0 Å². The fourth-order valence-corrected chi connectivity index (χ4v) is 2.34. The number of nitrogens with zero attached hydrogens (tertiary/aromatic N) is 1. The van der Waals surface area contributed by atoms with Gasteiger partial charge in [-0.25, -0.2) is 0 Å². The lowest BCUT2D eigenvalue weighted by Gasteiger charge is -2.26. The van der Waals surface area contributed by atoms with Crippen molar-refractivity contribution in [3.63, 3.8) is 0 Å². The quantitative estimate of drug-likeness (QED) is 0.729. The molecular formula is C17H25NO2. The third-order valence-corrected chi connectivity index (χ3v) is 3.33. The van der Waals surface area contributed by atoms with Crippen LogP contribution in [0.4, 0.5) is 5.69 Å². The maximum Gasteiger partial charge on any atom is 0.237 e. The number of anilines is 1. The van der Waals surface area contributed by atoms with Crippen molar-refractivity contribution in [3.8, 4) is 0 Å². The standard InChI is InChI=1S/C15H19NO2.C2H6/c1-10-9-13(17)16(14(10)18)12-8-6-5-7-11(12)15(2,3)4;1-2/h5-8,10H,9H2,1-4H3;1-2H3. The molecule has 2 rings (SSSR count). The molecule has 3 nitrogen and oxygen atoms in total. The van der Waals surface area contributed by atoms with Crippen LogP contribution in [0.5, 0.6) is 0 Å². The van der Waals surface area contributed by atoms with Gasteiger partial charge in [-0.1, -0.05) is 59.7 Å².